The maximum atomic E-state index is 11.4. The molecule has 0 unspecified atom stereocenters. The van der Waals surface area contributed by atoms with Crippen LogP contribution in [0.25, 0.3) is 0 Å². The lowest BCUT2D eigenvalue weighted by Crippen LogP contribution is -2.49. The van der Waals surface area contributed by atoms with E-state index in [0.717, 1.165) is 31.9 Å². The molecule has 0 radical (unpaired) electrons. The molecule has 0 aliphatic carbocycles. The van der Waals surface area contributed by atoms with Crippen LogP contribution in [-0.2, 0) is 4.79 Å². The van der Waals surface area contributed by atoms with Crippen LogP contribution < -0.4 is 10.6 Å². The Bertz CT molecular complexity index is 348. The molecule has 1 aliphatic rings. The number of aromatic nitrogens is 2. The van der Waals surface area contributed by atoms with Gasteiger partial charge in [-0.3, -0.25) is 4.79 Å². The molecule has 6 nitrogen and oxygen atoms in total. The van der Waals surface area contributed by atoms with Gasteiger partial charge in [0.15, 0.2) is 0 Å². The molecule has 0 spiro atoms. The maximum absolute atomic E-state index is 11.4. The zero-order valence-corrected chi connectivity index (χ0v) is 10.2. The van der Waals surface area contributed by atoms with Crippen molar-refractivity contribution in [3.63, 3.8) is 0 Å². The first-order chi connectivity index (χ1) is 7.86. The summed E-state index contributed by atoms with van der Waals surface area (Å²) in [7, 11) is 0. The van der Waals surface area contributed by atoms with Crippen LogP contribution in [0.2, 0.25) is 0 Å². The minimum Gasteiger partial charge on any atom is -0.382 e. The number of hydrogen-bond donors (Lipinski definition) is 2. The molecule has 1 aliphatic heterocycles. The Hall–Kier alpha value is -1.40. The van der Waals surface area contributed by atoms with Crippen LogP contribution in [-0.4, -0.2) is 53.7 Å². The SMILES string of the molecule is Cl.O=C1CNCCN1CCNc1ccnnc1. The lowest BCUT2D eigenvalue weighted by Gasteiger charge is -2.27. The van der Waals surface area contributed by atoms with Gasteiger partial charge in [-0.25, -0.2) is 0 Å². The number of nitrogens with zero attached hydrogens (tertiary/aromatic N) is 3. The van der Waals surface area contributed by atoms with E-state index < -0.39 is 0 Å². The summed E-state index contributed by atoms with van der Waals surface area (Å²) in [4.78, 5) is 13.3. The molecule has 17 heavy (non-hydrogen) atoms. The predicted molar refractivity (Wildman–Crippen MR) is 67.2 cm³/mol. The molecule has 2 N–H and O–H groups in total. The Labute approximate surface area is 106 Å². The molecule has 1 fully saturated rings. The van der Waals surface area contributed by atoms with E-state index in [1.165, 1.54) is 0 Å². The molecule has 1 amide bonds. The Morgan fingerprint density at radius 1 is 1.47 bits per heavy atom. The van der Waals surface area contributed by atoms with Gasteiger partial charge in [-0.1, -0.05) is 0 Å². The first-order valence-corrected chi connectivity index (χ1v) is 5.35. The highest BCUT2D eigenvalue weighted by atomic mass is 35.5. The van der Waals surface area contributed by atoms with Crippen molar-refractivity contribution in [2.45, 2.75) is 0 Å². The van der Waals surface area contributed by atoms with E-state index in [1.807, 2.05) is 11.0 Å². The van der Waals surface area contributed by atoms with Crippen molar-refractivity contribution in [1.82, 2.24) is 20.4 Å². The van der Waals surface area contributed by atoms with Crippen molar-refractivity contribution >= 4 is 24.0 Å². The summed E-state index contributed by atoms with van der Waals surface area (Å²) in [5, 5.41) is 13.7. The van der Waals surface area contributed by atoms with E-state index >= 15 is 0 Å². The lowest BCUT2D eigenvalue weighted by molar-refractivity contribution is -0.131. The third-order valence-electron chi connectivity index (χ3n) is 2.48. The average Bonchev–Trinajstić information content (AvgIpc) is 2.33. The van der Waals surface area contributed by atoms with Crippen LogP contribution in [0.1, 0.15) is 0 Å². The first kappa shape index (κ1) is 13.7. The van der Waals surface area contributed by atoms with Crippen molar-refractivity contribution in [3.8, 4) is 0 Å². The molecule has 1 aromatic heterocycles. The number of rotatable bonds is 4. The highest BCUT2D eigenvalue weighted by molar-refractivity contribution is 5.85. The zero-order valence-electron chi connectivity index (χ0n) is 9.43. The van der Waals surface area contributed by atoms with Crippen LogP contribution in [0, 0.1) is 0 Å². The minimum atomic E-state index is 0. The largest absolute Gasteiger partial charge is 0.382 e. The van der Waals surface area contributed by atoms with E-state index in [1.54, 1.807) is 12.4 Å². The number of hydrogen-bond acceptors (Lipinski definition) is 5. The summed E-state index contributed by atoms with van der Waals surface area (Å²) in [6.45, 7) is 3.58. The standard InChI is InChI=1S/C10H15N5O.ClH/c16-10-8-11-3-5-15(10)6-4-12-9-1-2-13-14-7-9;/h1-2,7,11H,3-6,8H2,(H,12,13);1H. The van der Waals surface area contributed by atoms with E-state index in [4.69, 9.17) is 0 Å². The van der Waals surface area contributed by atoms with Gasteiger partial charge in [-0.05, 0) is 6.07 Å². The molecule has 94 valence electrons. The molecule has 0 aromatic carbocycles. The molecule has 0 bridgehead atoms. The fraction of sp³-hybridized carbons (Fsp3) is 0.500. The van der Waals surface area contributed by atoms with Crippen molar-refractivity contribution < 1.29 is 4.79 Å². The number of anilines is 1. The number of nitrogens with one attached hydrogen (secondary N) is 2. The van der Waals surface area contributed by atoms with Gasteiger partial charge in [-0.15, -0.1) is 12.4 Å². The van der Waals surface area contributed by atoms with Gasteiger partial charge in [0.2, 0.25) is 5.91 Å². The maximum Gasteiger partial charge on any atom is 0.236 e. The molecule has 2 heterocycles. The predicted octanol–water partition coefficient (Wildman–Crippen LogP) is -0.258. The number of carbonyl (C=O) groups excluding carboxylic acids is 1. The number of halogens is 1. The molecular weight excluding hydrogens is 242 g/mol. The van der Waals surface area contributed by atoms with Crippen LogP contribution in [0.4, 0.5) is 5.69 Å². The van der Waals surface area contributed by atoms with E-state index in [-0.39, 0.29) is 18.3 Å². The highest BCUT2D eigenvalue weighted by Crippen LogP contribution is 2.01. The Balaban J connectivity index is 0.00000144. The van der Waals surface area contributed by atoms with Crippen LogP contribution in [0.15, 0.2) is 18.5 Å². The average molecular weight is 258 g/mol. The fourth-order valence-corrected chi connectivity index (χ4v) is 1.61. The summed E-state index contributed by atoms with van der Waals surface area (Å²) in [6.07, 6.45) is 3.30. The van der Waals surface area contributed by atoms with E-state index in [0.29, 0.717) is 6.54 Å². The topological polar surface area (TPSA) is 70.2 Å². The Morgan fingerprint density at radius 2 is 2.35 bits per heavy atom. The Kier molecular flexibility index (Phi) is 5.65. The monoisotopic (exact) mass is 257 g/mol. The highest BCUT2D eigenvalue weighted by Gasteiger charge is 2.16. The van der Waals surface area contributed by atoms with Crippen LogP contribution >= 0.6 is 12.4 Å². The van der Waals surface area contributed by atoms with Gasteiger partial charge in [0.05, 0.1) is 24.6 Å². The smallest absolute Gasteiger partial charge is 0.236 e. The first-order valence-electron chi connectivity index (χ1n) is 5.35. The van der Waals surface area contributed by atoms with Gasteiger partial charge in [0, 0.05) is 26.2 Å². The molecule has 0 saturated carbocycles. The van der Waals surface area contributed by atoms with Gasteiger partial charge in [-0.2, -0.15) is 10.2 Å². The van der Waals surface area contributed by atoms with E-state index in [2.05, 4.69) is 20.8 Å². The molecular formula is C10H16ClN5O. The molecule has 1 saturated heterocycles. The normalized spacial score (nSPS) is 15.3. The van der Waals surface area contributed by atoms with Gasteiger partial charge >= 0.3 is 0 Å². The summed E-state index contributed by atoms with van der Waals surface area (Å²) in [5.41, 5.74) is 0.928. The summed E-state index contributed by atoms with van der Waals surface area (Å²) in [6, 6.07) is 1.85. The zero-order chi connectivity index (χ0) is 11.2. The Morgan fingerprint density at radius 3 is 3.06 bits per heavy atom. The quantitative estimate of drug-likeness (QED) is 0.778. The third-order valence-corrected chi connectivity index (χ3v) is 2.48. The number of piperazine rings is 1. The molecule has 7 heteroatoms. The number of amides is 1. The van der Waals surface area contributed by atoms with Gasteiger partial charge < -0.3 is 15.5 Å². The minimum absolute atomic E-state index is 0. The fourth-order valence-electron chi connectivity index (χ4n) is 1.61. The van der Waals surface area contributed by atoms with Crippen molar-refractivity contribution in [3.05, 3.63) is 18.5 Å². The molecule has 1 aromatic rings. The van der Waals surface area contributed by atoms with E-state index in [9.17, 15) is 4.79 Å². The van der Waals surface area contributed by atoms with Crippen LogP contribution in [0.5, 0.6) is 0 Å². The van der Waals surface area contributed by atoms with Crippen LogP contribution in [0.3, 0.4) is 0 Å². The van der Waals surface area contributed by atoms with Crippen molar-refractivity contribution in [1.29, 1.82) is 0 Å². The second-order valence-electron chi connectivity index (χ2n) is 3.62. The summed E-state index contributed by atoms with van der Waals surface area (Å²) >= 11 is 0. The second kappa shape index (κ2) is 7.03. The van der Waals surface area contributed by atoms with Gasteiger partial charge in [0.25, 0.3) is 0 Å². The second-order valence-corrected chi connectivity index (χ2v) is 3.62. The van der Waals surface area contributed by atoms with Crippen molar-refractivity contribution in [2.75, 3.05) is 38.0 Å². The molecule has 2 rings (SSSR count). The van der Waals surface area contributed by atoms with Crippen molar-refractivity contribution in [2.24, 2.45) is 0 Å². The van der Waals surface area contributed by atoms with Gasteiger partial charge in [0.1, 0.15) is 0 Å². The lowest BCUT2D eigenvalue weighted by atomic mass is 10.3. The number of carbonyl (C=O) groups is 1. The molecule has 0 atom stereocenters. The summed E-state index contributed by atoms with van der Waals surface area (Å²) in [5.74, 6) is 0.168. The third kappa shape index (κ3) is 4.16. The summed E-state index contributed by atoms with van der Waals surface area (Å²) < 4.78 is 0.